The molecule has 1 aliphatic heterocycles. The summed E-state index contributed by atoms with van der Waals surface area (Å²) in [6.07, 6.45) is 1.70. The molecule has 0 unspecified atom stereocenters. The third-order valence-electron chi connectivity index (χ3n) is 4.44. The fraction of sp³-hybridized carbons (Fsp3) is 0.562. The van der Waals surface area contributed by atoms with Crippen molar-refractivity contribution < 1.29 is 22.7 Å². The van der Waals surface area contributed by atoms with Gasteiger partial charge in [0.05, 0.1) is 14.2 Å². The second-order valence-corrected chi connectivity index (χ2v) is 8.21. The van der Waals surface area contributed by atoms with Gasteiger partial charge in [-0.1, -0.05) is 6.07 Å². The lowest BCUT2D eigenvalue weighted by Gasteiger charge is -2.34. The first-order valence-corrected chi connectivity index (χ1v) is 9.63. The van der Waals surface area contributed by atoms with Crippen LogP contribution in [0.25, 0.3) is 0 Å². The maximum Gasteiger partial charge on any atom is 0.241 e. The van der Waals surface area contributed by atoms with Crippen LogP contribution in [0.3, 0.4) is 0 Å². The smallest absolute Gasteiger partial charge is 0.241 e. The van der Waals surface area contributed by atoms with E-state index in [4.69, 9.17) is 9.47 Å². The molecule has 0 aromatic heterocycles. The molecule has 24 heavy (non-hydrogen) atoms. The van der Waals surface area contributed by atoms with Crippen molar-refractivity contribution in [3.63, 3.8) is 0 Å². The van der Waals surface area contributed by atoms with Gasteiger partial charge in [-0.3, -0.25) is 4.79 Å². The number of piperidine rings is 1. The van der Waals surface area contributed by atoms with Crippen molar-refractivity contribution in [3.8, 4) is 11.5 Å². The molecule has 2 N–H and O–H groups in total. The van der Waals surface area contributed by atoms with Crippen molar-refractivity contribution in [2.75, 3.05) is 33.6 Å². The molecular formula is C16H24N2O5S. The minimum absolute atomic E-state index is 0.226. The molecule has 0 saturated carbocycles. The summed E-state index contributed by atoms with van der Waals surface area (Å²) in [6, 6.07) is 5.31. The molecule has 1 heterocycles. The zero-order valence-electron chi connectivity index (χ0n) is 14.2. The molecule has 0 radical (unpaired) electrons. The Kier molecular flexibility index (Phi) is 5.71. The molecule has 8 heteroatoms. The zero-order valence-corrected chi connectivity index (χ0v) is 15.0. The number of methoxy groups -OCH3 is 2. The van der Waals surface area contributed by atoms with Crippen molar-refractivity contribution in [2.24, 2.45) is 0 Å². The van der Waals surface area contributed by atoms with Crippen molar-refractivity contribution in [1.82, 2.24) is 10.6 Å². The molecule has 1 aromatic carbocycles. The number of carbonyl (C=O) groups is 1. The first-order chi connectivity index (χ1) is 11.3. The summed E-state index contributed by atoms with van der Waals surface area (Å²) in [4.78, 5) is 12.6. The van der Waals surface area contributed by atoms with E-state index in [1.807, 2.05) is 0 Å². The number of carbonyl (C=O) groups excluding carboxylic acids is 1. The standard InChI is InChI=1S/C16H24N2O5S/c1-22-13-5-4-12(10-14(13)23-2)11-18-15(19)16(24(3,20)21)6-8-17-9-7-16/h4-5,10,17H,6-9,11H2,1-3H3,(H,18,19). The van der Waals surface area contributed by atoms with E-state index in [-0.39, 0.29) is 19.4 Å². The lowest BCUT2D eigenvalue weighted by Crippen LogP contribution is -2.57. The highest BCUT2D eigenvalue weighted by Crippen LogP contribution is 2.29. The Morgan fingerprint density at radius 2 is 1.83 bits per heavy atom. The third kappa shape index (κ3) is 3.64. The van der Waals surface area contributed by atoms with Crippen LogP contribution in [0.1, 0.15) is 18.4 Å². The second-order valence-electron chi connectivity index (χ2n) is 5.89. The van der Waals surface area contributed by atoms with Crippen LogP contribution >= 0.6 is 0 Å². The number of hydrogen-bond donors (Lipinski definition) is 2. The van der Waals surface area contributed by atoms with Gasteiger partial charge in [-0.15, -0.1) is 0 Å². The van der Waals surface area contributed by atoms with Gasteiger partial charge in [-0.25, -0.2) is 8.42 Å². The molecular weight excluding hydrogens is 332 g/mol. The molecule has 0 spiro atoms. The maximum atomic E-state index is 12.6. The average molecular weight is 356 g/mol. The third-order valence-corrected chi connectivity index (χ3v) is 6.45. The summed E-state index contributed by atoms with van der Waals surface area (Å²) >= 11 is 0. The van der Waals surface area contributed by atoms with Gasteiger partial charge in [0, 0.05) is 12.8 Å². The van der Waals surface area contributed by atoms with Gasteiger partial charge in [0.25, 0.3) is 0 Å². The molecule has 134 valence electrons. The fourth-order valence-electron chi connectivity index (χ4n) is 2.93. The fourth-order valence-corrected chi connectivity index (χ4v) is 4.29. The van der Waals surface area contributed by atoms with Crippen molar-refractivity contribution >= 4 is 15.7 Å². The predicted octanol–water partition coefficient (Wildman–Crippen LogP) is 0.487. The van der Waals surface area contributed by atoms with Gasteiger partial charge in [0.1, 0.15) is 0 Å². The van der Waals surface area contributed by atoms with E-state index in [1.54, 1.807) is 25.3 Å². The summed E-state index contributed by atoms with van der Waals surface area (Å²) in [6.45, 7) is 1.25. The SMILES string of the molecule is COc1ccc(CNC(=O)C2(S(C)(=O)=O)CCNCC2)cc1OC. The molecule has 1 saturated heterocycles. The van der Waals surface area contributed by atoms with Gasteiger partial charge < -0.3 is 20.1 Å². The van der Waals surface area contributed by atoms with Crippen LogP contribution in [0.5, 0.6) is 11.5 Å². The first-order valence-electron chi connectivity index (χ1n) is 7.73. The predicted molar refractivity (Wildman–Crippen MR) is 91.1 cm³/mol. The molecule has 2 rings (SSSR count). The monoisotopic (exact) mass is 356 g/mol. The highest BCUT2D eigenvalue weighted by Gasteiger charge is 2.48. The van der Waals surface area contributed by atoms with Gasteiger partial charge in [-0.05, 0) is 43.6 Å². The summed E-state index contributed by atoms with van der Waals surface area (Å²) in [5, 5.41) is 5.86. The molecule has 1 amide bonds. The Morgan fingerprint density at radius 3 is 2.38 bits per heavy atom. The number of hydrogen-bond acceptors (Lipinski definition) is 6. The van der Waals surface area contributed by atoms with E-state index in [9.17, 15) is 13.2 Å². The molecule has 1 aromatic rings. The molecule has 1 fully saturated rings. The summed E-state index contributed by atoms with van der Waals surface area (Å²) in [5.74, 6) is 0.712. The number of sulfone groups is 1. The quantitative estimate of drug-likeness (QED) is 0.770. The van der Waals surface area contributed by atoms with Crippen molar-refractivity contribution in [2.45, 2.75) is 24.1 Å². The number of amides is 1. The number of rotatable bonds is 6. The van der Waals surface area contributed by atoms with Crippen LogP contribution in [-0.2, 0) is 21.2 Å². The maximum absolute atomic E-state index is 12.6. The van der Waals surface area contributed by atoms with Gasteiger partial charge >= 0.3 is 0 Å². The molecule has 0 atom stereocenters. The van der Waals surface area contributed by atoms with E-state index < -0.39 is 20.5 Å². The Balaban J connectivity index is 2.14. The van der Waals surface area contributed by atoms with Crippen LogP contribution in [0, 0.1) is 0 Å². The van der Waals surface area contributed by atoms with Crippen molar-refractivity contribution in [3.05, 3.63) is 23.8 Å². The number of nitrogens with one attached hydrogen (secondary N) is 2. The Labute approximate surface area is 142 Å². The van der Waals surface area contributed by atoms with Crippen LogP contribution in [-0.4, -0.2) is 52.6 Å². The van der Waals surface area contributed by atoms with E-state index in [1.165, 1.54) is 7.11 Å². The summed E-state index contributed by atoms with van der Waals surface area (Å²) in [7, 11) is -0.428. The molecule has 1 aliphatic rings. The molecule has 0 bridgehead atoms. The van der Waals surface area contributed by atoms with E-state index >= 15 is 0 Å². The topological polar surface area (TPSA) is 93.7 Å². The Hall–Kier alpha value is -1.80. The normalized spacial score (nSPS) is 17.1. The lowest BCUT2D eigenvalue weighted by atomic mass is 9.95. The Bertz CT molecular complexity index is 696. The van der Waals surface area contributed by atoms with Crippen molar-refractivity contribution in [1.29, 1.82) is 0 Å². The van der Waals surface area contributed by atoms with E-state index in [2.05, 4.69) is 10.6 Å². The van der Waals surface area contributed by atoms with E-state index in [0.717, 1.165) is 11.8 Å². The highest BCUT2D eigenvalue weighted by molar-refractivity contribution is 7.92. The number of benzene rings is 1. The van der Waals surface area contributed by atoms with Gasteiger partial charge in [0.15, 0.2) is 26.1 Å². The minimum atomic E-state index is -3.51. The van der Waals surface area contributed by atoms with Crippen LogP contribution in [0.2, 0.25) is 0 Å². The van der Waals surface area contributed by atoms with Crippen LogP contribution in [0.4, 0.5) is 0 Å². The first kappa shape index (κ1) is 18.5. The molecule has 7 nitrogen and oxygen atoms in total. The average Bonchev–Trinajstić information content (AvgIpc) is 2.58. The molecule has 0 aliphatic carbocycles. The largest absolute Gasteiger partial charge is 0.493 e. The van der Waals surface area contributed by atoms with Gasteiger partial charge in [0.2, 0.25) is 5.91 Å². The second kappa shape index (κ2) is 7.40. The van der Waals surface area contributed by atoms with Gasteiger partial charge in [-0.2, -0.15) is 0 Å². The highest BCUT2D eigenvalue weighted by atomic mass is 32.2. The summed E-state index contributed by atoms with van der Waals surface area (Å²) < 4.78 is 33.5. The van der Waals surface area contributed by atoms with E-state index in [0.29, 0.717) is 24.6 Å². The van der Waals surface area contributed by atoms with Crippen LogP contribution < -0.4 is 20.1 Å². The lowest BCUT2D eigenvalue weighted by molar-refractivity contribution is -0.124. The summed E-state index contributed by atoms with van der Waals surface area (Å²) in [5.41, 5.74) is 0.804. The Morgan fingerprint density at radius 1 is 1.21 bits per heavy atom. The minimum Gasteiger partial charge on any atom is -0.493 e. The zero-order chi connectivity index (χ0) is 17.8. The number of ether oxygens (including phenoxy) is 2. The van der Waals surface area contributed by atoms with Crippen LogP contribution in [0.15, 0.2) is 18.2 Å².